The van der Waals surface area contributed by atoms with Crippen LogP contribution in [0.25, 0.3) is 33.1 Å². The van der Waals surface area contributed by atoms with Gasteiger partial charge in [-0.2, -0.15) is 15.1 Å². The smallest absolute Gasteiger partial charge is 0.461 e. The van der Waals surface area contributed by atoms with E-state index >= 15 is 4.39 Å². The van der Waals surface area contributed by atoms with Gasteiger partial charge < -0.3 is 23.8 Å². The normalized spacial score (nSPS) is 28.9. The van der Waals surface area contributed by atoms with Crippen LogP contribution in [0, 0.1) is 5.82 Å². The highest BCUT2D eigenvalue weighted by Gasteiger charge is 2.49. The summed E-state index contributed by atoms with van der Waals surface area (Å²) in [7, 11) is 0. The largest absolute Gasteiger partial charge is 0.508 e. The molecule has 0 radical (unpaired) electrons. The molecular formula is C34H37F2N7O5. The second kappa shape index (κ2) is 11.2. The highest BCUT2D eigenvalue weighted by atomic mass is 19.1. The summed E-state index contributed by atoms with van der Waals surface area (Å²) < 4.78 is 55.5. The van der Waals surface area contributed by atoms with Crippen LogP contribution in [0.5, 0.6) is 6.01 Å². The maximum atomic E-state index is 17.2. The lowest BCUT2D eigenvalue weighted by Crippen LogP contribution is -2.46. The van der Waals surface area contributed by atoms with Gasteiger partial charge in [0.2, 0.25) is 0 Å². The molecule has 8 heterocycles. The molecule has 5 aliphatic heterocycles. The number of carbonyl (C=O) groups excluding carboxylic acids is 1. The molecule has 3 aromatic heterocycles. The van der Waals surface area contributed by atoms with Gasteiger partial charge in [-0.1, -0.05) is 0 Å². The summed E-state index contributed by atoms with van der Waals surface area (Å²) in [5.41, 5.74) is 2.21. The molecule has 1 aliphatic carbocycles. The first-order chi connectivity index (χ1) is 23.3. The molecule has 4 aromatic rings. The second-order valence-electron chi connectivity index (χ2n) is 14.2. The molecule has 1 aromatic carbocycles. The Bertz CT molecular complexity index is 1940. The number of aromatic nitrogens is 5. The highest BCUT2D eigenvalue weighted by Crippen LogP contribution is 2.47. The van der Waals surface area contributed by atoms with Crippen molar-refractivity contribution >= 4 is 33.8 Å². The summed E-state index contributed by atoms with van der Waals surface area (Å²) >= 11 is 0. The summed E-state index contributed by atoms with van der Waals surface area (Å²) in [6.07, 6.45) is 5.93. The van der Waals surface area contributed by atoms with Crippen molar-refractivity contribution in [3.63, 3.8) is 0 Å². The molecular weight excluding hydrogens is 624 g/mol. The lowest BCUT2D eigenvalue weighted by atomic mass is 9.89. The Kier molecular flexibility index (Phi) is 6.98. The molecule has 0 spiro atoms. The second-order valence-corrected chi connectivity index (χ2v) is 14.2. The molecule has 3 fully saturated rings. The fourth-order valence-electron chi connectivity index (χ4n) is 8.75. The molecule has 3 saturated heterocycles. The Balaban J connectivity index is 1.23. The van der Waals surface area contributed by atoms with Gasteiger partial charge in [-0.15, -0.1) is 0 Å². The lowest BCUT2D eigenvalue weighted by molar-refractivity contribution is -0.0578. The Morgan fingerprint density at radius 1 is 1.17 bits per heavy atom. The topological polar surface area (TPSA) is 128 Å². The van der Waals surface area contributed by atoms with Crippen LogP contribution in [0.15, 0.2) is 18.5 Å². The van der Waals surface area contributed by atoms with Crippen molar-refractivity contribution in [2.45, 2.75) is 68.7 Å². The zero-order valence-corrected chi connectivity index (χ0v) is 26.8. The highest BCUT2D eigenvalue weighted by molar-refractivity contribution is 6.00. The van der Waals surface area contributed by atoms with Gasteiger partial charge in [-0.05, 0) is 68.7 Å². The number of benzene rings is 1. The maximum absolute atomic E-state index is 17.2. The van der Waals surface area contributed by atoms with Gasteiger partial charge in [-0.3, -0.25) is 15.0 Å². The number of pyridine rings is 1. The van der Waals surface area contributed by atoms with Gasteiger partial charge >= 0.3 is 12.2 Å². The van der Waals surface area contributed by atoms with Gasteiger partial charge in [0.1, 0.15) is 29.8 Å². The molecule has 14 heteroatoms. The van der Waals surface area contributed by atoms with Crippen LogP contribution in [0.1, 0.15) is 56.1 Å². The minimum absolute atomic E-state index is 0.00148. The molecule has 0 amide bonds. The van der Waals surface area contributed by atoms with E-state index in [1.165, 1.54) is 0 Å². The van der Waals surface area contributed by atoms with E-state index in [1.807, 2.05) is 4.90 Å². The van der Waals surface area contributed by atoms with Crippen LogP contribution >= 0.6 is 0 Å². The van der Waals surface area contributed by atoms with E-state index in [0.29, 0.717) is 49.3 Å². The van der Waals surface area contributed by atoms with Crippen LogP contribution in [-0.4, -0.2) is 106 Å². The number of alkyl halides is 1. The Morgan fingerprint density at radius 2 is 2.08 bits per heavy atom. The van der Waals surface area contributed by atoms with Crippen molar-refractivity contribution in [3.8, 4) is 17.3 Å². The van der Waals surface area contributed by atoms with Crippen LogP contribution in [0.2, 0.25) is 0 Å². The summed E-state index contributed by atoms with van der Waals surface area (Å²) in [5.74, 6) is -0.205. The van der Waals surface area contributed by atoms with Gasteiger partial charge in [-0.25, -0.2) is 13.6 Å². The molecule has 12 nitrogen and oxygen atoms in total. The van der Waals surface area contributed by atoms with Crippen molar-refractivity contribution in [2.24, 2.45) is 0 Å². The molecule has 6 aliphatic rings. The van der Waals surface area contributed by atoms with Crippen LogP contribution in [-0.2, 0) is 20.6 Å². The lowest BCUT2D eigenvalue weighted by Gasteiger charge is -2.33. The van der Waals surface area contributed by atoms with E-state index in [1.54, 1.807) is 19.3 Å². The Hall–Kier alpha value is -4.17. The van der Waals surface area contributed by atoms with Crippen molar-refractivity contribution in [2.75, 3.05) is 57.5 Å². The van der Waals surface area contributed by atoms with E-state index in [9.17, 15) is 9.18 Å². The van der Waals surface area contributed by atoms with Crippen molar-refractivity contribution < 1.29 is 32.5 Å². The van der Waals surface area contributed by atoms with E-state index in [4.69, 9.17) is 28.9 Å². The molecule has 4 atom stereocenters. The summed E-state index contributed by atoms with van der Waals surface area (Å²) in [6.45, 7) is 4.36. The molecule has 10 rings (SSSR count). The number of nitrogens with one attached hydrogen (secondary N) is 1. The van der Waals surface area contributed by atoms with Gasteiger partial charge in [0.15, 0.2) is 11.4 Å². The number of carbonyl (C=O) groups is 1. The summed E-state index contributed by atoms with van der Waals surface area (Å²) in [6, 6.07) is 2.06. The number of aromatic amines is 1. The maximum Gasteiger partial charge on any atom is 0.508 e. The van der Waals surface area contributed by atoms with Crippen molar-refractivity contribution in [1.82, 2.24) is 30.0 Å². The number of H-pyrrole nitrogens is 1. The fourth-order valence-corrected chi connectivity index (χ4v) is 8.75. The quantitative estimate of drug-likeness (QED) is 0.303. The third-order valence-corrected chi connectivity index (χ3v) is 10.9. The number of anilines is 1. The number of halogens is 2. The number of fused-ring (bicyclic) bond motifs is 7. The van der Waals surface area contributed by atoms with E-state index < -0.39 is 29.3 Å². The van der Waals surface area contributed by atoms with Gasteiger partial charge in [0, 0.05) is 36.7 Å². The average Bonchev–Trinajstić information content (AvgIpc) is 3.82. The average molecular weight is 662 g/mol. The third kappa shape index (κ3) is 4.86. The summed E-state index contributed by atoms with van der Waals surface area (Å²) in [5, 5.41) is 8.47. The number of rotatable bonds is 3. The van der Waals surface area contributed by atoms with Crippen LogP contribution < -0.4 is 9.64 Å². The first-order valence-electron chi connectivity index (χ1n) is 16.9. The predicted molar refractivity (Wildman–Crippen MR) is 170 cm³/mol. The van der Waals surface area contributed by atoms with Gasteiger partial charge in [0.25, 0.3) is 0 Å². The monoisotopic (exact) mass is 661 g/mol. The molecule has 0 saturated carbocycles. The standard InChI is InChI=1S/C34H37F2N7O5/c1-33-16-42(8-10-45-17-33)30-23-13-37-29(27(36)28(23)39-31(40-30)47-18-34-6-2-7-43(34)15-21(35)12-34)26-22-14-38-41-24(22)11-20-4-3-19(25(20)26)5-9-46-32(44)48-33/h11,13-14,19,21H,2-10,12,15-18H2,1H3,(H,38,41)/t19-,21-,33+,34+/m1/s1. The first-order valence-corrected chi connectivity index (χ1v) is 16.9. The minimum Gasteiger partial charge on any atom is -0.461 e. The van der Waals surface area contributed by atoms with Crippen molar-refractivity contribution in [3.05, 3.63) is 35.4 Å². The van der Waals surface area contributed by atoms with Crippen LogP contribution in [0.3, 0.4) is 0 Å². The number of hydrogen-bond donors (Lipinski definition) is 1. The van der Waals surface area contributed by atoms with E-state index in [0.717, 1.165) is 54.3 Å². The third-order valence-electron chi connectivity index (χ3n) is 10.9. The van der Waals surface area contributed by atoms with Crippen molar-refractivity contribution in [1.29, 1.82) is 0 Å². The fraction of sp³-hybridized carbons (Fsp3) is 0.559. The van der Waals surface area contributed by atoms with Gasteiger partial charge in [0.05, 0.1) is 49.0 Å². The molecule has 6 bridgehead atoms. The molecule has 48 heavy (non-hydrogen) atoms. The minimum atomic E-state index is -1.09. The number of aryl methyl sites for hydroxylation is 1. The predicted octanol–water partition coefficient (Wildman–Crippen LogP) is 4.84. The molecule has 0 unspecified atom stereocenters. The van der Waals surface area contributed by atoms with Crippen LogP contribution in [0.4, 0.5) is 19.4 Å². The van der Waals surface area contributed by atoms with E-state index in [-0.39, 0.29) is 49.5 Å². The SMILES string of the molecule is C[C@@]12COCCN(C1)c1nc(OC[C@@]34CCCN3C[C@H](F)C4)nc3c(F)c(ncc13)-c1c3c(cc4[nH]ncc14)CC[C@@H]3CCOC(=O)O2. The zero-order valence-electron chi connectivity index (χ0n) is 26.8. The summed E-state index contributed by atoms with van der Waals surface area (Å²) in [4.78, 5) is 31.3. The molecule has 252 valence electrons. The Morgan fingerprint density at radius 3 is 3.00 bits per heavy atom. The first kappa shape index (κ1) is 29.9. The molecule has 1 N–H and O–H groups in total. The Labute approximate surface area is 275 Å². The number of ether oxygens (including phenoxy) is 4. The number of hydrogen-bond acceptors (Lipinski definition) is 11. The number of nitrogens with zero attached hydrogens (tertiary/aromatic N) is 6. The van der Waals surface area contributed by atoms with E-state index in [2.05, 4.69) is 26.1 Å². The zero-order chi connectivity index (χ0) is 32.6.